The molecule has 1 aromatic carbocycles. The van der Waals surface area contributed by atoms with Crippen molar-refractivity contribution in [1.82, 2.24) is 4.90 Å². The highest BCUT2D eigenvalue weighted by molar-refractivity contribution is 6.30. The second-order valence-electron chi connectivity index (χ2n) is 5.73. The maximum Gasteiger partial charge on any atom is 0.306 e. The zero-order valence-electron chi connectivity index (χ0n) is 12.0. The number of likely N-dealkylation sites (tertiary alicyclic amines) is 1. The number of halogens is 1. The van der Waals surface area contributed by atoms with Crippen molar-refractivity contribution in [1.29, 1.82) is 0 Å². The van der Waals surface area contributed by atoms with Crippen LogP contribution >= 0.6 is 11.6 Å². The van der Waals surface area contributed by atoms with E-state index in [1.54, 1.807) is 0 Å². The molecule has 2 aliphatic rings. The molecule has 0 aromatic heterocycles. The predicted octanol–water partition coefficient (Wildman–Crippen LogP) is 2.89. The van der Waals surface area contributed by atoms with Crippen molar-refractivity contribution in [2.24, 2.45) is 0 Å². The average molecular weight is 310 g/mol. The summed E-state index contributed by atoms with van der Waals surface area (Å²) in [5.41, 5.74) is 0. The molecule has 2 fully saturated rings. The van der Waals surface area contributed by atoms with Crippen LogP contribution in [0.5, 0.6) is 5.75 Å². The molecule has 4 nitrogen and oxygen atoms in total. The molecule has 21 heavy (non-hydrogen) atoms. The Morgan fingerprint density at radius 1 is 1.29 bits per heavy atom. The van der Waals surface area contributed by atoms with E-state index in [1.165, 1.54) is 0 Å². The molecular formula is C16H20ClNO3. The Morgan fingerprint density at radius 3 is 2.76 bits per heavy atom. The van der Waals surface area contributed by atoms with Gasteiger partial charge in [0.25, 0.3) is 0 Å². The van der Waals surface area contributed by atoms with Crippen molar-refractivity contribution >= 4 is 17.6 Å². The predicted molar refractivity (Wildman–Crippen MR) is 80.7 cm³/mol. The topological polar surface area (TPSA) is 38.8 Å². The summed E-state index contributed by atoms with van der Waals surface area (Å²) in [7, 11) is 0. The number of benzene rings is 1. The van der Waals surface area contributed by atoms with Gasteiger partial charge in [-0.05, 0) is 37.5 Å². The number of cyclic esters (lactones) is 1. The Bertz CT molecular complexity index is 500. The van der Waals surface area contributed by atoms with Crippen molar-refractivity contribution in [3.05, 3.63) is 29.3 Å². The van der Waals surface area contributed by atoms with E-state index in [0.717, 1.165) is 44.6 Å². The van der Waals surface area contributed by atoms with Gasteiger partial charge in [-0.3, -0.25) is 9.69 Å². The average Bonchev–Trinajstić information content (AvgIpc) is 2.86. The van der Waals surface area contributed by atoms with Gasteiger partial charge in [0.15, 0.2) is 0 Å². The standard InChI is InChI=1S/C16H20ClNO3/c17-12-2-1-3-14(10-12)20-13-6-8-18(9-7-13)11-15-4-5-16(19)21-15/h1-3,10,13,15H,4-9,11H2. The number of piperidine rings is 1. The van der Waals surface area contributed by atoms with E-state index in [2.05, 4.69) is 4.90 Å². The summed E-state index contributed by atoms with van der Waals surface area (Å²) in [5.74, 6) is 0.782. The number of ether oxygens (including phenoxy) is 2. The Labute approximate surface area is 130 Å². The molecule has 1 aromatic rings. The van der Waals surface area contributed by atoms with Gasteiger partial charge >= 0.3 is 5.97 Å². The number of esters is 1. The second kappa shape index (κ2) is 6.67. The first-order valence-electron chi connectivity index (χ1n) is 7.53. The molecule has 2 saturated heterocycles. The Balaban J connectivity index is 1.43. The molecule has 0 amide bonds. The lowest BCUT2D eigenvalue weighted by atomic mass is 10.1. The maximum absolute atomic E-state index is 11.1. The maximum atomic E-state index is 11.1. The molecule has 1 unspecified atom stereocenters. The first-order valence-corrected chi connectivity index (χ1v) is 7.91. The van der Waals surface area contributed by atoms with E-state index in [1.807, 2.05) is 24.3 Å². The molecule has 0 N–H and O–H groups in total. The van der Waals surface area contributed by atoms with Crippen LogP contribution in [0.1, 0.15) is 25.7 Å². The van der Waals surface area contributed by atoms with E-state index >= 15 is 0 Å². The molecule has 2 heterocycles. The van der Waals surface area contributed by atoms with Crippen LogP contribution in [0, 0.1) is 0 Å². The SMILES string of the molecule is O=C1CCC(CN2CCC(Oc3cccc(Cl)c3)CC2)O1. The fraction of sp³-hybridized carbons (Fsp3) is 0.562. The zero-order valence-corrected chi connectivity index (χ0v) is 12.7. The minimum atomic E-state index is -0.0563. The molecular weight excluding hydrogens is 290 g/mol. The van der Waals surface area contributed by atoms with E-state index in [0.29, 0.717) is 11.4 Å². The number of rotatable bonds is 4. The molecule has 0 saturated carbocycles. The van der Waals surface area contributed by atoms with Crippen molar-refractivity contribution in [2.45, 2.75) is 37.9 Å². The highest BCUT2D eigenvalue weighted by Crippen LogP contribution is 2.23. The Kier molecular flexibility index (Phi) is 4.66. The summed E-state index contributed by atoms with van der Waals surface area (Å²) in [6, 6.07) is 7.54. The third kappa shape index (κ3) is 4.11. The first-order chi connectivity index (χ1) is 10.2. The molecule has 2 aliphatic heterocycles. The normalized spacial score (nSPS) is 24.0. The van der Waals surface area contributed by atoms with Crippen molar-refractivity contribution in [2.75, 3.05) is 19.6 Å². The lowest BCUT2D eigenvalue weighted by Crippen LogP contribution is -2.41. The summed E-state index contributed by atoms with van der Waals surface area (Å²) < 4.78 is 11.2. The van der Waals surface area contributed by atoms with E-state index in [4.69, 9.17) is 21.1 Å². The van der Waals surface area contributed by atoms with Gasteiger partial charge in [-0.15, -0.1) is 0 Å². The second-order valence-corrected chi connectivity index (χ2v) is 6.16. The van der Waals surface area contributed by atoms with E-state index in [-0.39, 0.29) is 18.2 Å². The van der Waals surface area contributed by atoms with Gasteiger partial charge in [-0.1, -0.05) is 17.7 Å². The van der Waals surface area contributed by atoms with Gasteiger partial charge < -0.3 is 9.47 Å². The minimum absolute atomic E-state index is 0.0563. The lowest BCUT2D eigenvalue weighted by Gasteiger charge is -2.33. The van der Waals surface area contributed by atoms with Crippen LogP contribution in [0.2, 0.25) is 5.02 Å². The number of hydrogen-bond acceptors (Lipinski definition) is 4. The third-order valence-electron chi connectivity index (χ3n) is 4.06. The van der Waals surface area contributed by atoms with Crippen LogP contribution in [0.25, 0.3) is 0 Å². The number of carbonyl (C=O) groups excluding carboxylic acids is 1. The number of nitrogens with zero attached hydrogens (tertiary/aromatic N) is 1. The zero-order chi connectivity index (χ0) is 14.7. The minimum Gasteiger partial charge on any atom is -0.490 e. The van der Waals surface area contributed by atoms with E-state index < -0.39 is 0 Å². The molecule has 0 bridgehead atoms. The number of hydrogen-bond donors (Lipinski definition) is 0. The molecule has 3 rings (SSSR count). The lowest BCUT2D eigenvalue weighted by molar-refractivity contribution is -0.142. The van der Waals surface area contributed by atoms with Crippen LogP contribution in [0.3, 0.4) is 0 Å². The highest BCUT2D eigenvalue weighted by Gasteiger charge is 2.28. The van der Waals surface area contributed by atoms with Crippen LogP contribution in [0.4, 0.5) is 0 Å². The third-order valence-corrected chi connectivity index (χ3v) is 4.30. The van der Waals surface area contributed by atoms with E-state index in [9.17, 15) is 4.79 Å². The molecule has 5 heteroatoms. The smallest absolute Gasteiger partial charge is 0.306 e. The Hall–Kier alpha value is -1.26. The summed E-state index contributed by atoms with van der Waals surface area (Å²) in [4.78, 5) is 13.5. The van der Waals surface area contributed by atoms with Gasteiger partial charge in [-0.2, -0.15) is 0 Å². The molecule has 0 radical (unpaired) electrons. The van der Waals surface area contributed by atoms with Crippen molar-refractivity contribution in [3.8, 4) is 5.75 Å². The summed E-state index contributed by atoms with van der Waals surface area (Å²) >= 11 is 5.96. The van der Waals surface area contributed by atoms with Gasteiger partial charge in [0.05, 0.1) is 0 Å². The molecule has 0 aliphatic carbocycles. The van der Waals surface area contributed by atoms with Crippen LogP contribution < -0.4 is 4.74 Å². The summed E-state index contributed by atoms with van der Waals surface area (Å²) in [6.45, 7) is 2.83. The van der Waals surface area contributed by atoms with Crippen molar-refractivity contribution < 1.29 is 14.3 Å². The van der Waals surface area contributed by atoms with Gasteiger partial charge in [0, 0.05) is 31.1 Å². The molecule has 0 spiro atoms. The van der Waals surface area contributed by atoms with Crippen LogP contribution in [-0.4, -0.2) is 42.7 Å². The summed E-state index contributed by atoms with van der Waals surface area (Å²) in [5, 5.41) is 0.702. The largest absolute Gasteiger partial charge is 0.490 e. The first kappa shape index (κ1) is 14.7. The van der Waals surface area contributed by atoms with Crippen LogP contribution in [0.15, 0.2) is 24.3 Å². The highest BCUT2D eigenvalue weighted by atomic mass is 35.5. The van der Waals surface area contributed by atoms with Gasteiger partial charge in [0.2, 0.25) is 0 Å². The summed E-state index contributed by atoms with van der Waals surface area (Å²) in [6.07, 6.45) is 3.74. The monoisotopic (exact) mass is 309 g/mol. The Morgan fingerprint density at radius 2 is 2.10 bits per heavy atom. The fourth-order valence-corrected chi connectivity index (χ4v) is 3.12. The van der Waals surface area contributed by atoms with Gasteiger partial charge in [-0.25, -0.2) is 0 Å². The van der Waals surface area contributed by atoms with Crippen LogP contribution in [-0.2, 0) is 9.53 Å². The van der Waals surface area contributed by atoms with Gasteiger partial charge in [0.1, 0.15) is 18.0 Å². The number of carbonyl (C=O) groups is 1. The quantitative estimate of drug-likeness (QED) is 0.802. The molecule has 114 valence electrons. The van der Waals surface area contributed by atoms with Crippen molar-refractivity contribution in [3.63, 3.8) is 0 Å². The molecule has 1 atom stereocenters. The fourth-order valence-electron chi connectivity index (χ4n) is 2.94.